The molecular weight excluding hydrogens is 349 g/mol. The van der Waals surface area contributed by atoms with E-state index in [-0.39, 0.29) is 18.1 Å². The van der Waals surface area contributed by atoms with Gasteiger partial charge in [-0.2, -0.15) is 10.2 Å². The van der Waals surface area contributed by atoms with Crippen LogP contribution < -0.4 is 10.4 Å². The summed E-state index contributed by atoms with van der Waals surface area (Å²) >= 11 is 0. The summed E-state index contributed by atoms with van der Waals surface area (Å²) in [6.07, 6.45) is 4.91. The standard InChI is InChI=1S/C19H16FN5O2/c1-27-18-8-14(15-9-21-22-10-15)5-6-17(18)24-12-23-25(19(24)26)11-13-3-2-4-16(20)7-13/h2-10,12H,11H2,1H3,(H,21,22). The molecule has 0 aliphatic carbocycles. The lowest BCUT2D eigenvalue weighted by Crippen LogP contribution is -2.24. The highest BCUT2D eigenvalue weighted by atomic mass is 19.1. The zero-order valence-electron chi connectivity index (χ0n) is 14.5. The van der Waals surface area contributed by atoms with Crippen LogP contribution >= 0.6 is 0 Å². The molecule has 0 aliphatic heterocycles. The Morgan fingerprint density at radius 2 is 2.07 bits per heavy atom. The summed E-state index contributed by atoms with van der Waals surface area (Å²) in [5.74, 6) is 0.178. The summed E-state index contributed by atoms with van der Waals surface area (Å²) in [5.41, 5.74) is 2.71. The molecule has 2 heterocycles. The van der Waals surface area contributed by atoms with E-state index in [1.54, 1.807) is 37.7 Å². The summed E-state index contributed by atoms with van der Waals surface area (Å²) < 4.78 is 21.5. The van der Waals surface area contributed by atoms with Crippen molar-refractivity contribution in [1.29, 1.82) is 0 Å². The average molecular weight is 365 g/mol. The van der Waals surface area contributed by atoms with Crippen molar-refractivity contribution in [2.24, 2.45) is 0 Å². The Kier molecular flexibility index (Phi) is 4.29. The molecule has 4 aromatic rings. The molecule has 136 valence electrons. The normalized spacial score (nSPS) is 10.9. The molecule has 0 bridgehead atoms. The zero-order chi connectivity index (χ0) is 18.8. The van der Waals surface area contributed by atoms with Crippen molar-refractivity contribution in [2.75, 3.05) is 7.11 Å². The predicted molar refractivity (Wildman–Crippen MR) is 97.5 cm³/mol. The molecule has 0 atom stereocenters. The number of rotatable bonds is 5. The Labute approximate surface area is 153 Å². The number of benzene rings is 2. The minimum atomic E-state index is -0.350. The fraction of sp³-hybridized carbons (Fsp3) is 0.105. The van der Waals surface area contributed by atoms with E-state index in [1.165, 1.54) is 27.7 Å². The number of ether oxygens (including phenoxy) is 1. The molecule has 0 amide bonds. The molecule has 2 aromatic heterocycles. The highest BCUT2D eigenvalue weighted by Crippen LogP contribution is 2.28. The van der Waals surface area contributed by atoms with Crippen LogP contribution in [0.2, 0.25) is 0 Å². The summed E-state index contributed by atoms with van der Waals surface area (Å²) in [6.45, 7) is 0.180. The van der Waals surface area contributed by atoms with E-state index in [9.17, 15) is 9.18 Å². The minimum absolute atomic E-state index is 0.180. The average Bonchev–Trinajstić information content (AvgIpc) is 3.32. The van der Waals surface area contributed by atoms with E-state index >= 15 is 0 Å². The first-order valence-corrected chi connectivity index (χ1v) is 8.22. The molecule has 0 spiro atoms. The topological polar surface area (TPSA) is 77.7 Å². The Morgan fingerprint density at radius 3 is 2.81 bits per heavy atom. The summed E-state index contributed by atoms with van der Waals surface area (Å²) in [7, 11) is 1.54. The smallest absolute Gasteiger partial charge is 0.350 e. The van der Waals surface area contributed by atoms with Gasteiger partial charge >= 0.3 is 5.69 Å². The number of H-pyrrole nitrogens is 1. The van der Waals surface area contributed by atoms with Gasteiger partial charge in [0, 0.05) is 11.8 Å². The van der Waals surface area contributed by atoms with Crippen LogP contribution in [-0.4, -0.2) is 31.7 Å². The van der Waals surface area contributed by atoms with Gasteiger partial charge in [0.05, 0.1) is 25.5 Å². The van der Waals surface area contributed by atoms with Gasteiger partial charge in [0.15, 0.2) is 0 Å². The molecule has 8 heteroatoms. The predicted octanol–water partition coefficient (Wildman–Crippen LogP) is 2.62. The highest BCUT2D eigenvalue weighted by molar-refractivity contribution is 5.67. The second-order valence-corrected chi connectivity index (χ2v) is 5.94. The van der Waals surface area contributed by atoms with Crippen LogP contribution in [-0.2, 0) is 6.54 Å². The summed E-state index contributed by atoms with van der Waals surface area (Å²) in [6, 6.07) is 11.6. The lowest BCUT2D eigenvalue weighted by atomic mass is 10.1. The number of methoxy groups -OCH3 is 1. The number of halogens is 1. The van der Waals surface area contributed by atoms with Gasteiger partial charge in [-0.15, -0.1) is 0 Å². The third-order valence-corrected chi connectivity index (χ3v) is 4.23. The van der Waals surface area contributed by atoms with Gasteiger partial charge in [0.2, 0.25) is 0 Å². The maximum atomic E-state index is 13.4. The molecule has 0 radical (unpaired) electrons. The monoisotopic (exact) mass is 365 g/mol. The summed E-state index contributed by atoms with van der Waals surface area (Å²) in [4.78, 5) is 12.7. The van der Waals surface area contributed by atoms with Crippen LogP contribution in [0.25, 0.3) is 16.8 Å². The van der Waals surface area contributed by atoms with Gasteiger partial charge in [0.25, 0.3) is 0 Å². The molecule has 0 aliphatic rings. The first kappa shape index (κ1) is 16.8. The maximum absolute atomic E-state index is 13.4. The van der Waals surface area contributed by atoms with Crippen molar-refractivity contribution in [3.8, 4) is 22.6 Å². The highest BCUT2D eigenvalue weighted by Gasteiger charge is 2.13. The number of nitrogens with zero attached hydrogens (tertiary/aromatic N) is 4. The molecule has 0 saturated heterocycles. The Hall–Kier alpha value is -3.68. The van der Waals surface area contributed by atoms with Gasteiger partial charge < -0.3 is 4.74 Å². The van der Waals surface area contributed by atoms with Crippen LogP contribution in [0.4, 0.5) is 4.39 Å². The van der Waals surface area contributed by atoms with Gasteiger partial charge in [0.1, 0.15) is 17.9 Å². The number of nitrogens with one attached hydrogen (secondary N) is 1. The van der Waals surface area contributed by atoms with Crippen LogP contribution in [0.5, 0.6) is 5.75 Å². The first-order valence-electron chi connectivity index (χ1n) is 8.22. The van der Waals surface area contributed by atoms with Gasteiger partial charge in [-0.25, -0.2) is 18.4 Å². The van der Waals surface area contributed by atoms with Crippen molar-refractivity contribution in [1.82, 2.24) is 24.5 Å². The molecular formula is C19H16FN5O2. The van der Waals surface area contributed by atoms with E-state index in [0.29, 0.717) is 17.0 Å². The summed E-state index contributed by atoms with van der Waals surface area (Å²) in [5, 5.41) is 10.8. The van der Waals surface area contributed by atoms with Crippen molar-refractivity contribution in [2.45, 2.75) is 6.54 Å². The minimum Gasteiger partial charge on any atom is -0.495 e. The molecule has 4 rings (SSSR count). The van der Waals surface area contributed by atoms with Crippen molar-refractivity contribution in [3.05, 3.63) is 83.1 Å². The van der Waals surface area contributed by atoms with Crippen molar-refractivity contribution >= 4 is 0 Å². The third kappa shape index (κ3) is 3.24. The van der Waals surface area contributed by atoms with E-state index in [0.717, 1.165) is 11.1 Å². The fourth-order valence-corrected chi connectivity index (χ4v) is 2.88. The molecule has 1 N–H and O–H groups in total. The zero-order valence-corrected chi connectivity index (χ0v) is 14.5. The third-order valence-electron chi connectivity index (χ3n) is 4.23. The van der Waals surface area contributed by atoms with Crippen LogP contribution in [0.15, 0.2) is 66.0 Å². The van der Waals surface area contributed by atoms with Crippen LogP contribution in [0.1, 0.15) is 5.56 Å². The molecule has 0 fully saturated rings. The maximum Gasteiger partial charge on any atom is 0.350 e. The SMILES string of the molecule is COc1cc(-c2cn[nH]c2)ccc1-n1cnn(Cc2cccc(F)c2)c1=O. The van der Waals surface area contributed by atoms with Crippen LogP contribution in [0.3, 0.4) is 0 Å². The lowest BCUT2D eigenvalue weighted by molar-refractivity contribution is 0.412. The Bertz CT molecular complexity index is 1130. The molecule has 0 unspecified atom stereocenters. The number of aromatic amines is 1. The van der Waals surface area contributed by atoms with Gasteiger partial charge in [-0.3, -0.25) is 5.10 Å². The van der Waals surface area contributed by atoms with Crippen molar-refractivity contribution < 1.29 is 9.13 Å². The lowest BCUT2D eigenvalue weighted by Gasteiger charge is -2.10. The van der Waals surface area contributed by atoms with E-state index in [2.05, 4.69) is 15.3 Å². The quantitative estimate of drug-likeness (QED) is 0.590. The molecule has 27 heavy (non-hydrogen) atoms. The molecule has 7 nitrogen and oxygen atoms in total. The Morgan fingerprint density at radius 1 is 1.19 bits per heavy atom. The molecule has 2 aromatic carbocycles. The van der Waals surface area contributed by atoms with E-state index < -0.39 is 0 Å². The first-order chi connectivity index (χ1) is 13.2. The number of hydrogen-bond donors (Lipinski definition) is 1. The number of hydrogen-bond acceptors (Lipinski definition) is 4. The van der Waals surface area contributed by atoms with E-state index in [1.807, 2.05) is 12.1 Å². The van der Waals surface area contributed by atoms with Gasteiger partial charge in [-0.1, -0.05) is 18.2 Å². The van der Waals surface area contributed by atoms with Crippen LogP contribution in [0, 0.1) is 5.82 Å². The van der Waals surface area contributed by atoms with Crippen molar-refractivity contribution in [3.63, 3.8) is 0 Å². The van der Waals surface area contributed by atoms with Gasteiger partial charge in [-0.05, 0) is 35.4 Å². The molecule has 0 saturated carbocycles. The fourth-order valence-electron chi connectivity index (χ4n) is 2.88. The largest absolute Gasteiger partial charge is 0.495 e. The van der Waals surface area contributed by atoms with E-state index in [4.69, 9.17) is 4.74 Å². The second-order valence-electron chi connectivity index (χ2n) is 5.94. The Balaban J connectivity index is 1.70. The number of aromatic nitrogens is 5. The second kappa shape index (κ2) is 6.91.